The van der Waals surface area contributed by atoms with E-state index in [9.17, 15) is 13.6 Å². The Hall–Kier alpha value is -2.52. The quantitative estimate of drug-likeness (QED) is 0.562. The topological polar surface area (TPSA) is 58.1 Å². The van der Waals surface area contributed by atoms with E-state index < -0.39 is 5.25 Å². The van der Waals surface area contributed by atoms with Crippen molar-refractivity contribution in [3.8, 4) is 0 Å². The summed E-state index contributed by atoms with van der Waals surface area (Å²) in [5.41, 5.74) is 1.04. The van der Waals surface area contributed by atoms with Gasteiger partial charge < -0.3 is 10.2 Å². The zero-order chi connectivity index (χ0) is 20.1. The number of anilines is 2. The Balaban J connectivity index is 1.58. The van der Waals surface area contributed by atoms with Crippen LogP contribution in [0.15, 0.2) is 52.9 Å². The van der Waals surface area contributed by atoms with Crippen molar-refractivity contribution in [2.75, 3.05) is 12.4 Å². The molecule has 28 heavy (non-hydrogen) atoms. The number of aromatic nitrogens is 2. The van der Waals surface area contributed by atoms with E-state index in [1.807, 2.05) is 0 Å². The van der Waals surface area contributed by atoms with Crippen LogP contribution >= 0.6 is 23.1 Å². The molecule has 0 radical (unpaired) electrons. The lowest BCUT2D eigenvalue weighted by molar-refractivity contribution is -0.129. The van der Waals surface area contributed by atoms with Crippen LogP contribution in [-0.2, 0) is 11.3 Å². The van der Waals surface area contributed by atoms with Gasteiger partial charge in [-0.25, -0.2) is 8.78 Å². The van der Waals surface area contributed by atoms with E-state index in [-0.39, 0.29) is 17.5 Å². The third kappa shape index (κ3) is 5.26. The van der Waals surface area contributed by atoms with Crippen LogP contribution in [-0.4, -0.2) is 33.3 Å². The van der Waals surface area contributed by atoms with Crippen molar-refractivity contribution >= 4 is 39.8 Å². The van der Waals surface area contributed by atoms with Crippen molar-refractivity contribution < 1.29 is 13.6 Å². The smallest absolute Gasteiger partial charge is 0.235 e. The number of benzene rings is 2. The summed E-state index contributed by atoms with van der Waals surface area (Å²) in [6.45, 7) is 2.10. The molecule has 2 aromatic carbocycles. The Morgan fingerprint density at radius 2 is 2.00 bits per heavy atom. The second-order valence-electron chi connectivity index (χ2n) is 6.06. The lowest BCUT2D eigenvalue weighted by Gasteiger charge is -2.20. The minimum Gasteiger partial charge on any atom is -0.340 e. The molecule has 0 spiro atoms. The van der Waals surface area contributed by atoms with E-state index in [2.05, 4.69) is 15.5 Å². The standard InChI is InChI=1S/C19H18F2N4OS2/c1-12(17(26)25(2)11-13-6-5-7-14(20)10-13)27-19-24-23-18(28-19)22-16-9-4-3-8-15(16)21/h3-10,12H,11H2,1-2H3,(H,22,23)/t12-/m1/s1. The summed E-state index contributed by atoms with van der Waals surface area (Å²) in [6.07, 6.45) is 0. The molecule has 0 aliphatic heterocycles. The third-order valence-electron chi connectivity index (χ3n) is 3.83. The normalized spacial score (nSPS) is 11.9. The van der Waals surface area contributed by atoms with Gasteiger partial charge in [0.1, 0.15) is 11.6 Å². The van der Waals surface area contributed by atoms with Gasteiger partial charge in [0.25, 0.3) is 0 Å². The average molecular weight is 421 g/mol. The number of carbonyl (C=O) groups excluding carboxylic acids is 1. The van der Waals surface area contributed by atoms with Gasteiger partial charge in [0, 0.05) is 13.6 Å². The molecule has 3 rings (SSSR count). The van der Waals surface area contributed by atoms with E-state index in [0.29, 0.717) is 21.7 Å². The highest BCUT2D eigenvalue weighted by Crippen LogP contribution is 2.31. The number of halogens is 2. The maximum Gasteiger partial charge on any atom is 0.235 e. The highest BCUT2D eigenvalue weighted by Gasteiger charge is 2.21. The molecule has 0 unspecified atom stereocenters. The van der Waals surface area contributed by atoms with Crippen LogP contribution in [0, 0.1) is 11.6 Å². The number of hydrogen-bond donors (Lipinski definition) is 1. The zero-order valence-corrected chi connectivity index (χ0v) is 16.9. The molecule has 0 saturated heterocycles. The Morgan fingerprint density at radius 1 is 1.21 bits per heavy atom. The molecule has 3 aromatic rings. The second kappa shape index (κ2) is 9.11. The summed E-state index contributed by atoms with van der Waals surface area (Å²) in [5.74, 6) is -0.813. The Labute approximate surface area is 169 Å². The summed E-state index contributed by atoms with van der Waals surface area (Å²) in [6, 6.07) is 12.5. The van der Waals surface area contributed by atoms with Crippen molar-refractivity contribution in [3.63, 3.8) is 0 Å². The molecule has 1 aromatic heterocycles. The van der Waals surface area contributed by atoms with Crippen molar-refractivity contribution in [1.82, 2.24) is 15.1 Å². The number of hydrogen-bond acceptors (Lipinski definition) is 6. The highest BCUT2D eigenvalue weighted by molar-refractivity contribution is 8.02. The number of amides is 1. The number of nitrogens with zero attached hydrogens (tertiary/aromatic N) is 3. The van der Waals surface area contributed by atoms with Crippen LogP contribution in [0.4, 0.5) is 19.6 Å². The molecule has 0 aliphatic rings. The second-order valence-corrected chi connectivity index (χ2v) is 8.63. The molecule has 0 saturated carbocycles. The summed E-state index contributed by atoms with van der Waals surface area (Å²) in [7, 11) is 1.68. The maximum atomic E-state index is 13.7. The maximum absolute atomic E-state index is 13.7. The van der Waals surface area contributed by atoms with Gasteiger partial charge in [-0.2, -0.15) is 0 Å². The number of carbonyl (C=O) groups is 1. The van der Waals surface area contributed by atoms with Crippen molar-refractivity contribution in [2.45, 2.75) is 23.1 Å². The fraction of sp³-hybridized carbons (Fsp3) is 0.211. The van der Waals surface area contributed by atoms with Gasteiger partial charge in [-0.15, -0.1) is 10.2 Å². The van der Waals surface area contributed by atoms with Crippen molar-refractivity contribution in [3.05, 3.63) is 65.7 Å². The van der Waals surface area contributed by atoms with Crippen LogP contribution < -0.4 is 5.32 Å². The molecule has 1 heterocycles. The van der Waals surface area contributed by atoms with Gasteiger partial charge in [0.05, 0.1) is 10.9 Å². The highest BCUT2D eigenvalue weighted by atomic mass is 32.2. The van der Waals surface area contributed by atoms with Gasteiger partial charge >= 0.3 is 0 Å². The van der Waals surface area contributed by atoms with Crippen LogP contribution in [0.2, 0.25) is 0 Å². The van der Waals surface area contributed by atoms with Gasteiger partial charge in [-0.1, -0.05) is 47.4 Å². The summed E-state index contributed by atoms with van der Waals surface area (Å²) in [5, 5.41) is 11.0. The first-order valence-electron chi connectivity index (χ1n) is 8.43. The van der Waals surface area contributed by atoms with E-state index in [1.54, 1.807) is 49.2 Å². The summed E-state index contributed by atoms with van der Waals surface area (Å²) in [4.78, 5) is 14.1. The van der Waals surface area contributed by atoms with E-state index in [4.69, 9.17) is 0 Å². The fourth-order valence-electron chi connectivity index (χ4n) is 2.48. The molecule has 1 N–H and O–H groups in total. The molecule has 0 bridgehead atoms. The Kier molecular flexibility index (Phi) is 6.58. The largest absolute Gasteiger partial charge is 0.340 e. The molecule has 1 atom stereocenters. The molecule has 1 amide bonds. The van der Waals surface area contributed by atoms with Crippen molar-refractivity contribution in [2.24, 2.45) is 0 Å². The molecule has 5 nitrogen and oxygen atoms in total. The monoisotopic (exact) mass is 420 g/mol. The Bertz CT molecular complexity index is 966. The van der Waals surface area contributed by atoms with E-state index in [0.717, 1.165) is 5.56 Å². The first kappa shape index (κ1) is 20.2. The lowest BCUT2D eigenvalue weighted by Crippen LogP contribution is -2.32. The molecule has 0 aliphatic carbocycles. The predicted octanol–water partition coefficient (Wildman–Crippen LogP) is 4.70. The first-order chi connectivity index (χ1) is 13.4. The van der Waals surface area contributed by atoms with Gasteiger partial charge in [-0.3, -0.25) is 4.79 Å². The van der Waals surface area contributed by atoms with Gasteiger partial charge in [0.15, 0.2) is 4.34 Å². The van der Waals surface area contributed by atoms with Gasteiger partial charge in [0.2, 0.25) is 11.0 Å². The Morgan fingerprint density at radius 3 is 2.75 bits per heavy atom. The number of para-hydroxylation sites is 1. The zero-order valence-electron chi connectivity index (χ0n) is 15.2. The van der Waals surface area contributed by atoms with Crippen LogP contribution in [0.25, 0.3) is 0 Å². The minimum atomic E-state index is -0.396. The van der Waals surface area contributed by atoms with Crippen LogP contribution in [0.3, 0.4) is 0 Å². The molecule has 9 heteroatoms. The molecular weight excluding hydrogens is 402 g/mol. The molecule has 0 fully saturated rings. The van der Waals surface area contributed by atoms with Gasteiger partial charge in [-0.05, 0) is 36.8 Å². The first-order valence-corrected chi connectivity index (χ1v) is 10.1. The lowest BCUT2D eigenvalue weighted by atomic mass is 10.2. The molecular formula is C19H18F2N4OS2. The number of thioether (sulfide) groups is 1. The fourth-order valence-corrected chi connectivity index (χ4v) is 4.51. The summed E-state index contributed by atoms with van der Waals surface area (Å²) < 4.78 is 27.6. The SMILES string of the molecule is C[C@@H](Sc1nnc(Nc2ccccc2F)s1)C(=O)N(C)Cc1cccc(F)c1. The van der Waals surface area contributed by atoms with Crippen LogP contribution in [0.1, 0.15) is 12.5 Å². The van der Waals surface area contributed by atoms with E-state index >= 15 is 0 Å². The summed E-state index contributed by atoms with van der Waals surface area (Å²) >= 11 is 2.52. The number of rotatable bonds is 7. The van der Waals surface area contributed by atoms with Crippen molar-refractivity contribution in [1.29, 1.82) is 0 Å². The third-order valence-corrected chi connectivity index (χ3v) is 5.84. The van der Waals surface area contributed by atoms with E-state index in [1.165, 1.54) is 41.3 Å². The average Bonchev–Trinajstić information content (AvgIpc) is 3.09. The predicted molar refractivity (Wildman–Crippen MR) is 108 cm³/mol. The van der Waals surface area contributed by atoms with Crippen LogP contribution in [0.5, 0.6) is 0 Å². The number of nitrogens with one attached hydrogen (secondary N) is 1. The molecule has 146 valence electrons. The minimum absolute atomic E-state index is 0.104.